The zero-order valence-electron chi connectivity index (χ0n) is 50.1. The molecule has 13 rings (SSSR count). The maximum Gasteiger partial charge on any atom is 0.252 e. The molecule has 0 bridgehead atoms. The molecule has 0 fully saturated rings. The van der Waals surface area contributed by atoms with E-state index in [2.05, 4.69) is 305 Å². The minimum absolute atomic E-state index is 0.000875. The lowest BCUT2D eigenvalue weighted by Crippen LogP contribution is -2.62. The van der Waals surface area contributed by atoms with E-state index in [1.807, 2.05) is 0 Å². The van der Waals surface area contributed by atoms with Crippen molar-refractivity contribution in [3.63, 3.8) is 0 Å². The van der Waals surface area contributed by atoms with Gasteiger partial charge < -0.3 is 19.3 Å². The second kappa shape index (κ2) is 17.9. The van der Waals surface area contributed by atoms with Crippen molar-refractivity contribution in [2.75, 3.05) is 14.7 Å². The van der Waals surface area contributed by atoms with E-state index in [4.69, 9.17) is 0 Å². The second-order valence-electron chi connectivity index (χ2n) is 28.4. The Morgan fingerprint density at radius 3 is 1.47 bits per heavy atom. The number of hydrogen-bond acceptors (Lipinski definition) is 4. The van der Waals surface area contributed by atoms with Crippen molar-refractivity contribution in [3.05, 3.63) is 209 Å². The van der Waals surface area contributed by atoms with Crippen LogP contribution in [-0.4, -0.2) is 11.3 Å². The third kappa shape index (κ3) is 8.40. The van der Waals surface area contributed by atoms with Crippen LogP contribution >= 0.6 is 0 Å². The van der Waals surface area contributed by atoms with E-state index in [1.54, 1.807) is 0 Å². The molecular weight excluding hydrogens is 982 g/mol. The first-order valence-electron chi connectivity index (χ1n) is 29.1. The number of nitriles is 1. The van der Waals surface area contributed by atoms with E-state index >= 15 is 0 Å². The molecule has 402 valence electrons. The van der Waals surface area contributed by atoms with E-state index < -0.39 is 0 Å². The molecule has 3 aliphatic heterocycles. The van der Waals surface area contributed by atoms with Gasteiger partial charge in [-0.05, 0) is 173 Å². The molecule has 0 N–H and O–H groups in total. The quantitative estimate of drug-likeness (QED) is 0.161. The van der Waals surface area contributed by atoms with Crippen LogP contribution in [0.15, 0.2) is 176 Å². The Labute approximate surface area is 481 Å². The smallest absolute Gasteiger partial charge is 0.252 e. The second-order valence-corrected chi connectivity index (χ2v) is 28.4. The number of aromatic nitrogens is 1. The molecular formula is C75H74BN5. The van der Waals surface area contributed by atoms with Crippen LogP contribution in [0.5, 0.6) is 0 Å². The fourth-order valence-electron chi connectivity index (χ4n) is 13.0. The van der Waals surface area contributed by atoms with Crippen LogP contribution in [0, 0.1) is 11.3 Å². The fourth-order valence-corrected chi connectivity index (χ4v) is 13.0. The minimum atomic E-state index is -0.179. The van der Waals surface area contributed by atoms with E-state index in [9.17, 15) is 5.26 Å². The van der Waals surface area contributed by atoms with Crippen LogP contribution in [0.4, 0.5) is 51.2 Å². The zero-order chi connectivity index (χ0) is 57.0. The Kier molecular flexibility index (Phi) is 11.5. The molecule has 10 aromatic rings. The van der Waals surface area contributed by atoms with Crippen LogP contribution in [0.2, 0.25) is 0 Å². The highest BCUT2D eigenvalue weighted by Gasteiger charge is 2.47. The van der Waals surface area contributed by atoms with Crippen LogP contribution in [0.3, 0.4) is 0 Å². The highest BCUT2D eigenvalue weighted by molar-refractivity contribution is 7.00. The van der Waals surface area contributed by atoms with E-state index in [-0.39, 0.29) is 33.8 Å². The Morgan fingerprint density at radius 2 is 0.901 bits per heavy atom. The summed E-state index contributed by atoms with van der Waals surface area (Å²) in [5, 5.41) is 13.9. The first-order valence-corrected chi connectivity index (χ1v) is 29.1. The molecule has 3 aliphatic rings. The maximum atomic E-state index is 11.4. The highest BCUT2D eigenvalue weighted by atomic mass is 15.2. The van der Waals surface area contributed by atoms with E-state index in [1.165, 1.54) is 82.9 Å². The summed E-state index contributed by atoms with van der Waals surface area (Å²) in [6.45, 7) is 34.5. The van der Waals surface area contributed by atoms with Gasteiger partial charge in [0.15, 0.2) is 0 Å². The van der Waals surface area contributed by atoms with E-state index in [0.29, 0.717) is 5.56 Å². The summed E-state index contributed by atoms with van der Waals surface area (Å²) < 4.78 is 2.59. The first kappa shape index (κ1) is 52.1. The van der Waals surface area contributed by atoms with Gasteiger partial charge in [-0.3, -0.25) is 0 Å². The Morgan fingerprint density at radius 1 is 0.395 bits per heavy atom. The lowest BCUT2D eigenvalue weighted by Gasteiger charge is -2.47. The van der Waals surface area contributed by atoms with Crippen LogP contribution < -0.4 is 31.1 Å². The van der Waals surface area contributed by atoms with Gasteiger partial charge in [0.25, 0.3) is 6.71 Å². The monoisotopic (exact) mass is 1060 g/mol. The summed E-state index contributed by atoms with van der Waals surface area (Å²) in [5.74, 6) is 0. The molecule has 5 nitrogen and oxygen atoms in total. The summed E-state index contributed by atoms with van der Waals surface area (Å²) in [4.78, 5) is 7.45. The molecule has 6 heteroatoms. The summed E-state index contributed by atoms with van der Waals surface area (Å²) in [6.07, 6.45) is 0. The van der Waals surface area contributed by atoms with Gasteiger partial charge in [-0.1, -0.05) is 189 Å². The third-order valence-corrected chi connectivity index (χ3v) is 17.7. The van der Waals surface area contributed by atoms with Crippen molar-refractivity contribution in [2.45, 2.75) is 131 Å². The van der Waals surface area contributed by atoms with E-state index in [0.717, 1.165) is 51.1 Å². The topological polar surface area (TPSA) is 38.4 Å². The number of benzene rings is 9. The van der Waals surface area contributed by atoms with Gasteiger partial charge >= 0.3 is 0 Å². The lowest BCUT2D eigenvalue weighted by atomic mass is 9.33. The summed E-state index contributed by atoms with van der Waals surface area (Å²) in [6, 6.07) is 69.3. The van der Waals surface area contributed by atoms with Gasteiger partial charge in [-0.25, -0.2) is 0 Å². The molecule has 4 heterocycles. The van der Waals surface area contributed by atoms with Crippen molar-refractivity contribution in [3.8, 4) is 22.9 Å². The molecule has 0 saturated heterocycles. The minimum Gasteiger partial charge on any atom is -0.311 e. The molecule has 0 spiro atoms. The van der Waals surface area contributed by atoms with Crippen molar-refractivity contribution in [2.24, 2.45) is 0 Å². The number of nitrogens with zero attached hydrogens (tertiary/aromatic N) is 5. The molecule has 1 aromatic heterocycles. The van der Waals surface area contributed by atoms with Gasteiger partial charge in [0.05, 0.1) is 39.7 Å². The Hall–Kier alpha value is -8.27. The van der Waals surface area contributed by atoms with Gasteiger partial charge in [0.2, 0.25) is 0 Å². The number of rotatable bonds is 5. The number of hydrogen-bond donors (Lipinski definition) is 0. The SMILES string of the molecule is CC(C)(C)c1ccc(N(c2ccc(C(C)(C)C)cc2)c2ccc3c(c2)N(c2ccc(-c4ccccc4)cc2)c2cc(C#N)cc4c2B3c2cc(C(C)(C)C)cc3c2N4c2cc(C(C)(C)C)cc4c5cc(C(C)(C)C)ccc5n-3c24)cc1. The highest BCUT2D eigenvalue weighted by Crippen LogP contribution is 2.55. The molecule has 0 radical (unpaired) electrons. The van der Waals surface area contributed by atoms with Gasteiger partial charge in [0.1, 0.15) is 0 Å². The predicted octanol–water partition coefficient (Wildman–Crippen LogP) is 18.7. The molecule has 0 amide bonds. The summed E-state index contributed by atoms with van der Waals surface area (Å²) in [5.41, 5.74) is 26.0. The summed E-state index contributed by atoms with van der Waals surface area (Å²) >= 11 is 0. The largest absolute Gasteiger partial charge is 0.311 e. The van der Waals surface area contributed by atoms with Crippen LogP contribution in [-0.2, 0) is 27.1 Å². The zero-order valence-corrected chi connectivity index (χ0v) is 50.1. The fraction of sp³-hybridized carbons (Fsp3) is 0.267. The Balaban J connectivity index is 1.14. The molecule has 0 aliphatic carbocycles. The molecule has 0 unspecified atom stereocenters. The van der Waals surface area contributed by atoms with Gasteiger partial charge in [-0.2, -0.15) is 5.26 Å². The van der Waals surface area contributed by atoms with Crippen LogP contribution in [0.25, 0.3) is 38.6 Å². The average molecular weight is 1060 g/mol. The Bertz CT molecular complexity index is 4180. The van der Waals surface area contributed by atoms with Crippen molar-refractivity contribution in [1.29, 1.82) is 5.26 Å². The first-order chi connectivity index (χ1) is 38.3. The molecule has 0 saturated carbocycles. The van der Waals surface area contributed by atoms with Crippen LogP contribution in [0.1, 0.15) is 137 Å². The third-order valence-electron chi connectivity index (χ3n) is 17.7. The maximum absolute atomic E-state index is 11.4. The average Bonchev–Trinajstić information content (AvgIpc) is 2.09. The van der Waals surface area contributed by atoms with Crippen molar-refractivity contribution >= 4 is 96.1 Å². The molecule has 81 heavy (non-hydrogen) atoms. The molecule has 0 atom stereocenters. The van der Waals surface area contributed by atoms with Crippen molar-refractivity contribution < 1.29 is 0 Å². The lowest BCUT2D eigenvalue weighted by molar-refractivity contribution is 0.590. The molecule has 9 aromatic carbocycles. The normalized spacial score (nSPS) is 13.8. The standard InChI is InChI=1S/C75H74BN5/c1-71(2,3)49-23-30-54(31-24-49)78(55-32-25-50(26-33-55)72(4,5)6)57-34-35-60-63(44-57)79(56-28-21-48(22-29-56)47-19-17-16-18-20-47)64-37-46(45-77)38-65-68(64)76(60)61-41-53(75(13,14)15)43-67-70(61)81(65)66-42-52(74(10,11)12)40-59-58-39-51(73(7,8)9)27-36-62(58)80(67)69(59)66/h16-44H,1-15H3. The summed E-state index contributed by atoms with van der Waals surface area (Å²) in [7, 11) is 0. The van der Waals surface area contributed by atoms with Crippen molar-refractivity contribution in [1.82, 2.24) is 4.57 Å². The number of anilines is 9. The van der Waals surface area contributed by atoms with Gasteiger partial charge in [0, 0.05) is 50.6 Å². The van der Waals surface area contributed by atoms with Gasteiger partial charge in [-0.15, -0.1) is 0 Å². The predicted molar refractivity (Wildman–Crippen MR) is 347 cm³/mol. The number of fused-ring (bicyclic) bond motifs is 9.